The summed E-state index contributed by atoms with van der Waals surface area (Å²) in [6.07, 6.45) is 4.00. The number of para-hydroxylation sites is 2. The van der Waals surface area contributed by atoms with Crippen molar-refractivity contribution in [2.24, 2.45) is 52.2 Å². The van der Waals surface area contributed by atoms with E-state index >= 15 is 9.59 Å². The van der Waals surface area contributed by atoms with Crippen molar-refractivity contribution < 1.29 is 76.7 Å². The van der Waals surface area contributed by atoms with Gasteiger partial charge in [0.2, 0.25) is 88.6 Å². The van der Waals surface area contributed by atoms with Crippen LogP contribution in [0.4, 0.5) is 0 Å². The largest absolute Gasteiger partial charge is 0.370 e. The van der Waals surface area contributed by atoms with Crippen molar-refractivity contribution in [3.63, 3.8) is 0 Å². The fraction of sp³-hybridized carbons (Fsp3) is 0.524. The van der Waals surface area contributed by atoms with Gasteiger partial charge in [0.05, 0.1) is 13.0 Å². The summed E-state index contributed by atoms with van der Waals surface area (Å²) in [6, 6.07) is 7.15. The molecule has 12 atom stereocenters. The third kappa shape index (κ3) is 33.6. The number of hydrogen-bond acceptors (Lipinski definition) is 19. The van der Waals surface area contributed by atoms with E-state index in [0.717, 1.165) is 10.9 Å². The number of aromatic amines is 2. The Morgan fingerprint density at radius 1 is 0.397 bits per heavy atom. The van der Waals surface area contributed by atoms with Crippen LogP contribution < -0.4 is 109 Å². The van der Waals surface area contributed by atoms with E-state index in [1.807, 2.05) is 18.2 Å². The number of fused-ring (bicyclic) bond motifs is 2. The average molecular weight is 1690 g/mol. The van der Waals surface area contributed by atoms with E-state index in [2.05, 4.69) is 84.4 Å². The minimum atomic E-state index is -1.80. The molecular formula is C82H123N23O16. The normalized spacial score (nSPS) is 14.2. The van der Waals surface area contributed by atoms with E-state index in [1.165, 1.54) is 6.92 Å². The molecule has 39 heteroatoms. The van der Waals surface area contributed by atoms with E-state index < -0.39 is 186 Å². The van der Waals surface area contributed by atoms with Crippen molar-refractivity contribution in [1.82, 2.24) is 84.4 Å². The number of benzene rings is 3. The summed E-state index contributed by atoms with van der Waals surface area (Å²) in [7, 11) is 0. The molecule has 0 aliphatic carbocycles. The number of carbonyl (C=O) groups is 16. The molecule has 0 spiro atoms. The lowest BCUT2D eigenvalue weighted by molar-refractivity contribution is -0.137. The summed E-state index contributed by atoms with van der Waals surface area (Å²) in [5.74, 6) is -15.9. The molecule has 0 bridgehead atoms. The van der Waals surface area contributed by atoms with Gasteiger partial charge >= 0.3 is 0 Å². The summed E-state index contributed by atoms with van der Waals surface area (Å²) in [5, 5.41) is 46.1. The Hall–Kier alpha value is -12.5. The van der Waals surface area contributed by atoms with Crippen LogP contribution in [0.3, 0.4) is 0 Å². The second kappa shape index (κ2) is 51.0. The number of carbonyl (C=O) groups excluding carboxylic acids is 16. The van der Waals surface area contributed by atoms with Crippen LogP contribution in [0.25, 0.3) is 21.8 Å². The van der Waals surface area contributed by atoms with Crippen molar-refractivity contribution in [3.05, 3.63) is 108 Å². The van der Waals surface area contributed by atoms with Crippen molar-refractivity contribution in [2.45, 2.75) is 224 Å². The van der Waals surface area contributed by atoms with Gasteiger partial charge in [-0.1, -0.05) is 103 Å². The molecule has 5 aromatic rings. The summed E-state index contributed by atoms with van der Waals surface area (Å²) in [4.78, 5) is 228. The maximum Gasteiger partial charge on any atom is 0.251 e. The highest BCUT2D eigenvalue weighted by atomic mass is 16.2. The molecule has 662 valence electrons. The van der Waals surface area contributed by atoms with Crippen LogP contribution in [0.5, 0.6) is 0 Å². The predicted molar refractivity (Wildman–Crippen MR) is 452 cm³/mol. The van der Waals surface area contributed by atoms with Crippen LogP contribution in [-0.2, 0) is 84.8 Å². The fourth-order valence-electron chi connectivity index (χ4n) is 13.3. The Kier molecular flexibility index (Phi) is 41.8. The highest BCUT2D eigenvalue weighted by molar-refractivity contribution is 6.01. The minimum absolute atomic E-state index is 0.0234. The molecule has 2 heterocycles. The number of nitrogens with two attached hydrogens (primary N) is 6. The fourth-order valence-corrected chi connectivity index (χ4v) is 13.3. The van der Waals surface area contributed by atoms with Gasteiger partial charge in [0, 0.05) is 79.0 Å². The van der Waals surface area contributed by atoms with E-state index in [4.69, 9.17) is 39.8 Å². The van der Waals surface area contributed by atoms with Crippen LogP contribution in [0, 0.1) is 23.2 Å². The van der Waals surface area contributed by atoms with Gasteiger partial charge in [-0.25, -0.2) is 0 Å². The van der Waals surface area contributed by atoms with E-state index in [-0.39, 0.29) is 115 Å². The van der Waals surface area contributed by atoms with Crippen molar-refractivity contribution >= 4 is 122 Å². The molecule has 0 aliphatic heterocycles. The number of aromatic nitrogens is 2. The lowest BCUT2D eigenvalue weighted by Crippen LogP contribution is -2.61. The third-order valence-corrected chi connectivity index (χ3v) is 20.3. The molecule has 5 rings (SSSR count). The van der Waals surface area contributed by atoms with Crippen LogP contribution in [0.2, 0.25) is 0 Å². The van der Waals surface area contributed by atoms with Crippen molar-refractivity contribution in [1.29, 1.82) is 5.41 Å². The molecule has 0 aliphatic rings. The minimum Gasteiger partial charge on any atom is -0.370 e. The smallest absolute Gasteiger partial charge is 0.251 e. The third-order valence-electron chi connectivity index (χ3n) is 20.3. The molecule has 29 N–H and O–H groups in total. The summed E-state index contributed by atoms with van der Waals surface area (Å²) in [5.41, 5.74) is 36.6. The molecule has 0 radical (unpaired) electrons. The van der Waals surface area contributed by atoms with Gasteiger partial charge in [-0.15, -0.1) is 0 Å². The topological polar surface area (TPSA) is 653 Å². The van der Waals surface area contributed by atoms with E-state index in [9.17, 15) is 67.1 Å². The number of nitrogens with one attached hydrogen (secondary N) is 17. The Labute approximate surface area is 702 Å². The molecule has 3 aromatic carbocycles. The number of guanidine groups is 1. The number of amides is 16. The van der Waals surface area contributed by atoms with Gasteiger partial charge in [-0.2, -0.15) is 0 Å². The zero-order valence-electron chi connectivity index (χ0n) is 69.8. The maximum atomic E-state index is 15.0. The molecule has 39 nitrogen and oxygen atoms in total. The average Bonchev–Trinajstić information content (AvgIpc) is 1.69. The van der Waals surface area contributed by atoms with E-state index in [0.29, 0.717) is 53.3 Å². The van der Waals surface area contributed by atoms with Crippen LogP contribution in [-0.4, -0.2) is 210 Å². The van der Waals surface area contributed by atoms with Gasteiger partial charge in [0.25, 0.3) is 5.91 Å². The Morgan fingerprint density at radius 2 is 0.802 bits per heavy atom. The Morgan fingerprint density at radius 3 is 1.26 bits per heavy atom. The lowest BCUT2D eigenvalue weighted by Gasteiger charge is -2.29. The maximum absolute atomic E-state index is 15.0. The second-order valence-corrected chi connectivity index (χ2v) is 30.7. The van der Waals surface area contributed by atoms with Gasteiger partial charge in [-0.05, 0) is 143 Å². The molecule has 2 aromatic heterocycles. The molecule has 0 unspecified atom stereocenters. The van der Waals surface area contributed by atoms with Crippen LogP contribution in [0.1, 0.15) is 166 Å². The first kappa shape index (κ1) is 99.0. The molecule has 121 heavy (non-hydrogen) atoms. The number of unbranched alkanes of at least 4 members (excludes halogenated alkanes) is 3. The van der Waals surface area contributed by atoms with E-state index in [1.54, 1.807) is 115 Å². The van der Waals surface area contributed by atoms with Crippen LogP contribution >= 0.6 is 0 Å². The first-order valence-electron chi connectivity index (χ1n) is 40.9. The number of primary amides is 3. The lowest BCUT2D eigenvalue weighted by atomic mass is 9.96. The number of hydrogen-bond donors (Lipinski definition) is 23. The highest BCUT2D eigenvalue weighted by Gasteiger charge is 2.39. The zero-order valence-corrected chi connectivity index (χ0v) is 69.8. The predicted octanol–water partition coefficient (Wildman–Crippen LogP) is -1.99. The summed E-state index contributed by atoms with van der Waals surface area (Å²) < 4.78 is 0. The molecule has 0 saturated heterocycles. The van der Waals surface area contributed by atoms with Crippen LogP contribution in [0.15, 0.2) is 91.3 Å². The zero-order chi connectivity index (χ0) is 89.4. The highest BCUT2D eigenvalue weighted by Crippen LogP contribution is 2.23. The quantitative estimate of drug-likeness (QED) is 0.0114. The molecular weight excluding hydrogens is 1560 g/mol. The number of rotatable bonds is 55. The molecule has 16 amide bonds. The first-order chi connectivity index (χ1) is 57.5. The van der Waals surface area contributed by atoms with Gasteiger partial charge in [0.1, 0.15) is 66.5 Å². The second-order valence-electron chi connectivity index (χ2n) is 30.7. The summed E-state index contributed by atoms with van der Waals surface area (Å²) in [6.45, 7) is 10.9. The van der Waals surface area contributed by atoms with Gasteiger partial charge in [-0.3, -0.25) is 82.1 Å². The SMILES string of the molecule is CC[C@H](C)[C@H](NC(=O)[C@H](Cc1c[nH]c2ccccc12)NC(=O)[C@H](CCCCNC(=O)c1ccccc1)NC(=O)CNC(=O)[C@H](CC(N)=O)NC(=O)[C@@H](NC(=O)[C@H](CCCCN)NC(=O)[C@@H](NC(=O)[C@H](Cc1c[nH]c2ccccc12)NC(=O)[C@H](CCCNC(=N)N)NC(C)=O)C(C)C)C(C)C)C(=O)N[C@@H](CCCCN)C(=O)N[C@@H](CCC(N)=O)C(N)=O. The summed E-state index contributed by atoms with van der Waals surface area (Å²) >= 11 is 0. The Bertz CT molecular complexity index is 4360. The molecule has 0 fully saturated rings. The molecule has 0 saturated carbocycles. The van der Waals surface area contributed by atoms with Gasteiger partial charge < -0.3 is 119 Å². The Balaban J connectivity index is 1.38. The van der Waals surface area contributed by atoms with Crippen molar-refractivity contribution in [2.75, 3.05) is 32.7 Å². The van der Waals surface area contributed by atoms with Crippen molar-refractivity contribution in [3.8, 4) is 0 Å². The number of H-pyrrole nitrogens is 2. The van der Waals surface area contributed by atoms with Gasteiger partial charge in [0.15, 0.2) is 5.96 Å². The standard InChI is InChI=1S/C82H123N23O16/c1-8-47(6)69(81(121)99-59(29-16-19-35-83)75(115)97-56(70(87)110)33-34-64(85)107)105-78(118)62(40-51-43-93-55-28-15-13-26-53(51)55)101-74(114)58(31-18-21-37-90-71(111)49-23-10-9-11-24-49)96-66(109)44-94-72(112)63(41-65(86)108)102-80(120)68(46(4)5)103-76(116)60(30-17-20-36-84)98-79(119)67(45(2)3)104-77(117)61(39-50-42-92-54-27-14-12-25-52(50)54)100-73(113)57(95-48(7)106)32-22-38-91-82(88)89/h9-15,23-28,42-43,45-47,56-63,67-69,92-93H,8,16-22,29-41,44,83-84H2,1-7H3,(H2,85,107)(H2,86,108)(H2,87,110)(H,90,111)(H,94,112)(H,95,106)(H,96,109)(H,97,115)(H,98,119)(H,99,121)(H,100,113)(H,101,114)(H,102,120)(H,103,116)(H,104,117)(H,105,118)(H4,88,89,91)/t47-,56-,57-,58-,59-,60-,61-,62-,63-,67-,68-,69-/m0/s1. The monoisotopic (exact) mass is 1690 g/mol. The first-order valence-corrected chi connectivity index (χ1v) is 40.9.